The Kier molecular flexibility index (Phi) is 2.71. The molecule has 1 aliphatic heterocycles. The van der Waals surface area contributed by atoms with Gasteiger partial charge in [0.25, 0.3) is 0 Å². The molecule has 0 amide bonds. The molecule has 1 fully saturated rings. The van der Waals surface area contributed by atoms with Gasteiger partial charge in [0.05, 0.1) is 11.2 Å². The first kappa shape index (κ1) is 12.4. The third kappa shape index (κ3) is 2.05. The fourth-order valence-electron chi connectivity index (χ4n) is 1.72. The van der Waals surface area contributed by atoms with Crippen molar-refractivity contribution >= 4 is 18.4 Å². The van der Waals surface area contributed by atoms with Gasteiger partial charge in [-0.2, -0.15) is 0 Å². The van der Waals surface area contributed by atoms with Crippen LogP contribution in [-0.2, 0) is 9.31 Å². The van der Waals surface area contributed by atoms with Crippen molar-refractivity contribution in [3.63, 3.8) is 0 Å². The Balaban J connectivity index is 2.29. The maximum Gasteiger partial charge on any atom is 0.496 e. The zero-order valence-electron chi connectivity index (χ0n) is 11.1. The Bertz CT molecular complexity index is 430. The number of nitrogens with zero attached hydrogens (tertiary/aromatic N) is 1. The monoisotopic (exact) mass is 234 g/mol. The van der Waals surface area contributed by atoms with Gasteiger partial charge in [0.2, 0.25) is 0 Å². The number of aromatic nitrogens is 1. The zero-order valence-corrected chi connectivity index (χ0v) is 11.1. The summed E-state index contributed by atoms with van der Waals surface area (Å²) in [5.41, 5.74) is 6.90. The van der Waals surface area contributed by atoms with E-state index in [1.165, 1.54) is 0 Å². The van der Waals surface area contributed by atoms with Crippen molar-refractivity contribution in [3.8, 4) is 0 Å². The predicted molar refractivity (Wildman–Crippen MR) is 69.1 cm³/mol. The summed E-state index contributed by atoms with van der Waals surface area (Å²) in [5, 5.41) is 0. The van der Waals surface area contributed by atoms with Gasteiger partial charge < -0.3 is 15.0 Å². The summed E-state index contributed by atoms with van der Waals surface area (Å²) < 4.78 is 11.9. The molecule has 0 bridgehead atoms. The van der Waals surface area contributed by atoms with Crippen LogP contribution in [-0.4, -0.2) is 23.3 Å². The predicted octanol–water partition coefficient (Wildman–Crippen LogP) is 1.27. The molecule has 4 nitrogen and oxygen atoms in total. The zero-order chi connectivity index (χ0) is 12.8. The van der Waals surface area contributed by atoms with Gasteiger partial charge in [-0.05, 0) is 40.2 Å². The van der Waals surface area contributed by atoms with Gasteiger partial charge in [0.1, 0.15) is 5.82 Å². The highest BCUT2D eigenvalue weighted by molar-refractivity contribution is 6.62. The fourth-order valence-corrected chi connectivity index (χ4v) is 1.72. The molecule has 1 aromatic rings. The first-order valence-electron chi connectivity index (χ1n) is 5.80. The molecule has 2 rings (SSSR count). The van der Waals surface area contributed by atoms with Crippen LogP contribution in [0.25, 0.3) is 0 Å². The number of anilines is 1. The molecular weight excluding hydrogens is 215 g/mol. The molecule has 0 aliphatic carbocycles. The van der Waals surface area contributed by atoms with Gasteiger partial charge in [0, 0.05) is 11.7 Å². The van der Waals surface area contributed by atoms with Gasteiger partial charge in [0.15, 0.2) is 0 Å². The molecule has 1 aliphatic rings. The van der Waals surface area contributed by atoms with E-state index in [-0.39, 0.29) is 18.3 Å². The van der Waals surface area contributed by atoms with E-state index in [0.29, 0.717) is 5.82 Å². The average molecular weight is 234 g/mol. The van der Waals surface area contributed by atoms with E-state index in [0.717, 1.165) is 11.0 Å². The van der Waals surface area contributed by atoms with Crippen LogP contribution in [0, 0.1) is 6.92 Å². The van der Waals surface area contributed by atoms with Crippen LogP contribution in [0.5, 0.6) is 0 Å². The van der Waals surface area contributed by atoms with Crippen LogP contribution in [0.15, 0.2) is 12.3 Å². The lowest BCUT2D eigenvalue weighted by atomic mass is 9.80. The van der Waals surface area contributed by atoms with Crippen molar-refractivity contribution < 1.29 is 9.31 Å². The summed E-state index contributed by atoms with van der Waals surface area (Å²) >= 11 is 0. The highest BCUT2D eigenvalue weighted by Gasteiger charge is 2.51. The lowest BCUT2D eigenvalue weighted by Crippen LogP contribution is -2.41. The third-order valence-electron chi connectivity index (χ3n) is 3.67. The highest BCUT2D eigenvalue weighted by Crippen LogP contribution is 2.36. The quantitative estimate of drug-likeness (QED) is 0.743. The molecule has 1 saturated heterocycles. The highest BCUT2D eigenvalue weighted by atomic mass is 16.7. The topological polar surface area (TPSA) is 57.4 Å². The van der Waals surface area contributed by atoms with Crippen molar-refractivity contribution in [3.05, 3.63) is 17.8 Å². The van der Waals surface area contributed by atoms with E-state index in [9.17, 15) is 0 Å². The van der Waals surface area contributed by atoms with Crippen molar-refractivity contribution in [1.82, 2.24) is 4.98 Å². The van der Waals surface area contributed by atoms with E-state index in [4.69, 9.17) is 15.0 Å². The Morgan fingerprint density at radius 2 is 1.71 bits per heavy atom. The normalized spacial score (nSPS) is 21.8. The number of nitrogen functional groups attached to an aromatic ring is 1. The minimum Gasteiger partial charge on any atom is -0.399 e. The van der Waals surface area contributed by atoms with Crippen molar-refractivity contribution in [2.24, 2.45) is 0 Å². The Labute approximate surface area is 103 Å². The molecular formula is C12H19BN2O2. The van der Waals surface area contributed by atoms with Crippen molar-refractivity contribution in [2.45, 2.75) is 45.8 Å². The minimum absolute atomic E-state index is 0.326. The molecule has 0 unspecified atom stereocenters. The standard InChI is InChI=1S/C12H19BN2O2/c1-8-6-9(7-15-10(8)14)13-16-11(2,3)12(4,5)17-13/h6-7H,1-5H3,(H2,14,15). The SMILES string of the molecule is Cc1cc(B2OC(C)(C)C(C)(C)O2)cnc1N. The van der Waals surface area contributed by atoms with Gasteiger partial charge in [-0.3, -0.25) is 0 Å². The van der Waals surface area contributed by atoms with Gasteiger partial charge in [-0.1, -0.05) is 6.07 Å². The van der Waals surface area contributed by atoms with E-state index < -0.39 is 0 Å². The first-order chi connectivity index (χ1) is 7.73. The smallest absolute Gasteiger partial charge is 0.399 e. The van der Waals surface area contributed by atoms with Crippen LogP contribution in [0.4, 0.5) is 5.82 Å². The van der Waals surface area contributed by atoms with Crippen molar-refractivity contribution in [2.75, 3.05) is 5.73 Å². The second-order valence-corrected chi connectivity index (χ2v) is 5.56. The van der Waals surface area contributed by atoms with Gasteiger partial charge in [-0.15, -0.1) is 0 Å². The number of nitrogens with two attached hydrogens (primary N) is 1. The number of rotatable bonds is 1. The van der Waals surface area contributed by atoms with Crippen LogP contribution < -0.4 is 11.2 Å². The summed E-state index contributed by atoms with van der Waals surface area (Å²) in [4.78, 5) is 4.14. The number of pyridine rings is 1. The lowest BCUT2D eigenvalue weighted by molar-refractivity contribution is 0.00578. The molecule has 0 radical (unpaired) electrons. The van der Waals surface area contributed by atoms with Crippen LogP contribution in [0.2, 0.25) is 0 Å². The van der Waals surface area contributed by atoms with E-state index in [2.05, 4.69) is 4.98 Å². The fraction of sp³-hybridized carbons (Fsp3) is 0.583. The molecule has 0 atom stereocenters. The maximum absolute atomic E-state index is 5.94. The number of hydrogen-bond acceptors (Lipinski definition) is 4. The summed E-state index contributed by atoms with van der Waals surface area (Å²) in [5.74, 6) is 0.547. The summed E-state index contributed by atoms with van der Waals surface area (Å²) in [6, 6.07) is 1.96. The molecule has 92 valence electrons. The lowest BCUT2D eigenvalue weighted by Gasteiger charge is -2.32. The Hall–Kier alpha value is -1.07. The number of hydrogen-bond donors (Lipinski definition) is 1. The molecule has 1 aromatic heterocycles. The Morgan fingerprint density at radius 1 is 1.18 bits per heavy atom. The number of aryl methyl sites for hydroxylation is 1. The maximum atomic E-state index is 5.94. The minimum atomic E-state index is -0.369. The molecule has 0 aromatic carbocycles. The molecule has 17 heavy (non-hydrogen) atoms. The largest absolute Gasteiger partial charge is 0.496 e. The van der Waals surface area contributed by atoms with Crippen LogP contribution in [0.1, 0.15) is 33.3 Å². The molecule has 2 heterocycles. The average Bonchev–Trinajstić information content (AvgIpc) is 2.41. The van der Waals surface area contributed by atoms with Gasteiger partial charge >= 0.3 is 7.12 Å². The molecule has 0 saturated carbocycles. The van der Waals surface area contributed by atoms with Crippen LogP contribution >= 0.6 is 0 Å². The second kappa shape index (κ2) is 3.72. The molecule has 0 spiro atoms. The molecule has 2 N–H and O–H groups in total. The Morgan fingerprint density at radius 3 is 2.18 bits per heavy atom. The van der Waals surface area contributed by atoms with Gasteiger partial charge in [-0.25, -0.2) is 4.98 Å². The first-order valence-corrected chi connectivity index (χ1v) is 5.80. The van der Waals surface area contributed by atoms with Crippen LogP contribution in [0.3, 0.4) is 0 Å². The summed E-state index contributed by atoms with van der Waals surface area (Å²) in [6.45, 7) is 10.1. The third-order valence-corrected chi connectivity index (χ3v) is 3.67. The van der Waals surface area contributed by atoms with Crippen molar-refractivity contribution in [1.29, 1.82) is 0 Å². The van der Waals surface area contributed by atoms with E-state index in [1.807, 2.05) is 40.7 Å². The van der Waals surface area contributed by atoms with E-state index in [1.54, 1.807) is 6.20 Å². The summed E-state index contributed by atoms with van der Waals surface area (Å²) in [7, 11) is -0.369. The second-order valence-electron chi connectivity index (χ2n) is 5.56. The summed E-state index contributed by atoms with van der Waals surface area (Å²) in [6.07, 6.45) is 1.71. The molecule has 5 heteroatoms. The van der Waals surface area contributed by atoms with E-state index >= 15 is 0 Å².